The molecule has 2 rings (SSSR count). The van der Waals surface area contributed by atoms with Crippen LogP contribution < -0.4 is 15.4 Å². The molecule has 5 nitrogen and oxygen atoms in total. The summed E-state index contributed by atoms with van der Waals surface area (Å²) in [5.74, 6) is 0.217. The van der Waals surface area contributed by atoms with Crippen molar-refractivity contribution in [2.24, 2.45) is 0 Å². The Morgan fingerprint density at radius 1 is 1.00 bits per heavy atom. The molecule has 0 spiro atoms. The SMILES string of the molecule is COc1ccc(C)cc1C(C)NC(=O)CNC(=O)c1cc(C)cc(C)c1. The van der Waals surface area contributed by atoms with Gasteiger partial charge in [-0.05, 0) is 45.9 Å². The van der Waals surface area contributed by atoms with E-state index in [1.165, 1.54) is 0 Å². The lowest BCUT2D eigenvalue weighted by atomic mass is 10.0. The van der Waals surface area contributed by atoms with Crippen molar-refractivity contribution in [1.82, 2.24) is 10.6 Å². The number of carbonyl (C=O) groups is 2. The first-order valence-electron chi connectivity index (χ1n) is 8.60. The van der Waals surface area contributed by atoms with Crippen LogP contribution in [0.15, 0.2) is 36.4 Å². The summed E-state index contributed by atoms with van der Waals surface area (Å²) in [6, 6.07) is 11.2. The maximum atomic E-state index is 12.2. The number of rotatable bonds is 6. The quantitative estimate of drug-likeness (QED) is 0.837. The zero-order valence-corrected chi connectivity index (χ0v) is 16.0. The van der Waals surface area contributed by atoms with Gasteiger partial charge in [0.1, 0.15) is 5.75 Å². The highest BCUT2D eigenvalue weighted by molar-refractivity contribution is 5.96. The molecule has 138 valence electrons. The summed E-state index contributed by atoms with van der Waals surface area (Å²) in [5.41, 5.74) is 4.58. The third kappa shape index (κ3) is 5.09. The third-order valence-electron chi connectivity index (χ3n) is 4.12. The van der Waals surface area contributed by atoms with E-state index in [-0.39, 0.29) is 24.4 Å². The fourth-order valence-electron chi connectivity index (χ4n) is 2.93. The van der Waals surface area contributed by atoms with Crippen molar-refractivity contribution in [2.75, 3.05) is 13.7 Å². The van der Waals surface area contributed by atoms with Crippen molar-refractivity contribution >= 4 is 11.8 Å². The highest BCUT2D eigenvalue weighted by Gasteiger charge is 2.15. The van der Waals surface area contributed by atoms with Crippen molar-refractivity contribution in [3.05, 3.63) is 64.2 Å². The summed E-state index contributed by atoms with van der Waals surface area (Å²) in [5, 5.41) is 5.56. The van der Waals surface area contributed by atoms with Gasteiger partial charge in [-0.2, -0.15) is 0 Å². The van der Waals surface area contributed by atoms with Gasteiger partial charge in [0.15, 0.2) is 0 Å². The van der Waals surface area contributed by atoms with E-state index >= 15 is 0 Å². The van der Waals surface area contributed by atoms with Crippen molar-refractivity contribution in [1.29, 1.82) is 0 Å². The number of benzene rings is 2. The van der Waals surface area contributed by atoms with Gasteiger partial charge in [-0.15, -0.1) is 0 Å². The van der Waals surface area contributed by atoms with Crippen LogP contribution in [0.4, 0.5) is 0 Å². The summed E-state index contributed by atoms with van der Waals surface area (Å²) < 4.78 is 5.36. The number of ether oxygens (including phenoxy) is 1. The molecule has 0 radical (unpaired) electrons. The molecule has 0 aliphatic rings. The third-order valence-corrected chi connectivity index (χ3v) is 4.12. The molecule has 0 aliphatic carbocycles. The molecule has 0 heterocycles. The zero-order valence-electron chi connectivity index (χ0n) is 16.0. The molecule has 0 saturated carbocycles. The maximum Gasteiger partial charge on any atom is 0.251 e. The lowest BCUT2D eigenvalue weighted by Crippen LogP contribution is -2.38. The Bertz CT molecular complexity index is 795. The molecule has 5 heteroatoms. The highest BCUT2D eigenvalue weighted by Crippen LogP contribution is 2.25. The second-order valence-corrected chi connectivity index (χ2v) is 6.59. The molecule has 0 saturated heterocycles. The van der Waals surface area contributed by atoms with Crippen LogP contribution in [-0.4, -0.2) is 25.5 Å². The second kappa shape index (κ2) is 8.52. The van der Waals surface area contributed by atoms with E-state index in [9.17, 15) is 9.59 Å². The number of methoxy groups -OCH3 is 1. The van der Waals surface area contributed by atoms with Crippen LogP contribution in [-0.2, 0) is 4.79 Å². The summed E-state index contributed by atoms with van der Waals surface area (Å²) in [7, 11) is 1.60. The Balaban J connectivity index is 1.96. The number of hydrogen-bond donors (Lipinski definition) is 2. The number of amides is 2. The van der Waals surface area contributed by atoms with Crippen LogP contribution >= 0.6 is 0 Å². The first-order chi connectivity index (χ1) is 12.3. The minimum atomic E-state index is -0.257. The Morgan fingerprint density at radius 2 is 1.65 bits per heavy atom. The number of nitrogens with one attached hydrogen (secondary N) is 2. The fraction of sp³-hybridized carbons (Fsp3) is 0.333. The summed E-state index contributed by atoms with van der Waals surface area (Å²) in [6.07, 6.45) is 0. The highest BCUT2D eigenvalue weighted by atomic mass is 16.5. The predicted molar refractivity (Wildman–Crippen MR) is 103 cm³/mol. The van der Waals surface area contributed by atoms with E-state index in [4.69, 9.17) is 4.74 Å². The number of carbonyl (C=O) groups excluding carboxylic acids is 2. The van der Waals surface area contributed by atoms with Crippen molar-refractivity contribution < 1.29 is 14.3 Å². The normalized spacial score (nSPS) is 11.6. The largest absolute Gasteiger partial charge is 0.496 e. The Labute approximate surface area is 154 Å². The first kappa shape index (κ1) is 19.5. The predicted octanol–water partition coefficient (Wildman–Crippen LogP) is 3.23. The molecule has 0 aliphatic heterocycles. The van der Waals surface area contributed by atoms with Gasteiger partial charge in [0.2, 0.25) is 5.91 Å². The van der Waals surface area contributed by atoms with Crippen LogP contribution in [0, 0.1) is 20.8 Å². The standard InChI is InChI=1S/C21H26N2O3/c1-13-6-7-19(26-5)18(11-13)16(4)23-20(24)12-22-21(25)17-9-14(2)8-15(3)10-17/h6-11,16H,12H2,1-5H3,(H,22,25)(H,23,24). The number of hydrogen-bond acceptors (Lipinski definition) is 3. The minimum absolute atomic E-state index is 0.0791. The van der Waals surface area contributed by atoms with E-state index in [1.54, 1.807) is 19.2 Å². The van der Waals surface area contributed by atoms with Gasteiger partial charge in [0.05, 0.1) is 19.7 Å². The molecule has 2 aromatic carbocycles. The second-order valence-electron chi connectivity index (χ2n) is 6.59. The molecule has 1 unspecified atom stereocenters. The van der Waals surface area contributed by atoms with E-state index in [0.717, 1.165) is 28.0 Å². The van der Waals surface area contributed by atoms with Crippen LogP contribution in [0.2, 0.25) is 0 Å². The molecular weight excluding hydrogens is 328 g/mol. The van der Waals surface area contributed by atoms with Crippen LogP contribution in [0.1, 0.15) is 45.6 Å². The lowest BCUT2D eigenvalue weighted by Gasteiger charge is -2.18. The van der Waals surface area contributed by atoms with Crippen LogP contribution in [0.5, 0.6) is 5.75 Å². The molecule has 0 bridgehead atoms. The molecule has 0 fully saturated rings. The van der Waals surface area contributed by atoms with Gasteiger partial charge in [-0.3, -0.25) is 9.59 Å². The Kier molecular flexibility index (Phi) is 6.39. The molecule has 0 aromatic heterocycles. The number of aryl methyl sites for hydroxylation is 3. The van der Waals surface area contributed by atoms with E-state index in [0.29, 0.717) is 5.56 Å². The van der Waals surface area contributed by atoms with Gasteiger partial charge in [-0.1, -0.05) is 34.9 Å². The zero-order chi connectivity index (χ0) is 19.3. The Hall–Kier alpha value is -2.82. The Morgan fingerprint density at radius 3 is 2.27 bits per heavy atom. The van der Waals surface area contributed by atoms with E-state index in [1.807, 2.05) is 52.0 Å². The summed E-state index contributed by atoms with van der Waals surface area (Å²) in [6.45, 7) is 7.67. The van der Waals surface area contributed by atoms with E-state index < -0.39 is 0 Å². The molecule has 2 aromatic rings. The summed E-state index contributed by atoms with van der Waals surface area (Å²) in [4.78, 5) is 24.5. The van der Waals surface area contributed by atoms with Crippen molar-refractivity contribution in [3.63, 3.8) is 0 Å². The fourth-order valence-corrected chi connectivity index (χ4v) is 2.93. The molecule has 2 amide bonds. The lowest BCUT2D eigenvalue weighted by molar-refractivity contribution is -0.120. The van der Waals surface area contributed by atoms with Gasteiger partial charge in [0.25, 0.3) is 5.91 Å². The van der Waals surface area contributed by atoms with Gasteiger partial charge in [-0.25, -0.2) is 0 Å². The van der Waals surface area contributed by atoms with Gasteiger partial charge in [0, 0.05) is 11.1 Å². The van der Waals surface area contributed by atoms with Crippen molar-refractivity contribution in [2.45, 2.75) is 33.7 Å². The molecular formula is C21H26N2O3. The van der Waals surface area contributed by atoms with Crippen LogP contribution in [0.3, 0.4) is 0 Å². The maximum absolute atomic E-state index is 12.2. The smallest absolute Gasteiger partial charge is 0.251 e. The van der Waals surface area contributed by atoms with Gasteiger partial charge >= 0.3 is 0 Å². The first-order valence-corrected chi connectivity index (χ1v) is 8.60. The molecule has 26 heavy (non-hydrogen) atoms. The average Bonchev–Trinajstić information content (AvgIpc) is 2.58. The minimum Gasteiger partial charge on any atom is -0.496 e. The van der Waals surface area contributed by atoms with Crippen molar-refractivity contribution in [3.8, 4) is 5.75 Å². The van der Waals surface area contributed by atoms with Gasteiger partial charge < -0.3 is 15.4 Å². The molecule has 1 atom stereocenters. The average molecular weight is 354 g/mol. The topological polar surface area (TPSA) is 67.4 Å². The van der Waals surface area contributed by atoms with E-state index in [2.05, 4.69) is 10.6 Å². The monoisotopic (exact) mass is 354 g/mol. The summed E-state index contributed by atoms with van der Waals surface area (Å²) >= 11 is 0. The molecule has 2 N–H and O–H groups in total. The van der Waals surface area contributed by atoms with Crippen LogP contribution in [0.25, 0.3) is 0 Å².